The van der Waals surface area contributed by atoms with Crippen LogP contribution in [0.4, 0.5) is 0 Å². The molecule has 0 aliphatic heterocycles. The minimum Gasteiger partial charge on any atom is -0.456 e. The predicted molar refractivity (Wildman–Crippen MR) is 231 cm³/mol. The lowest BCUT2D eigenvalue weighted by atomic mass is 10.0. The van der Waals surface area contributed by atoms with Crippen LogP contribution in [0.2, 0.25) is 0 Å². The second-order valence-corrected chi connectivity index (χ2v) is 14.2. The zero-order valence-electron chi connectivity index (χ0n) is 30.3. The van der Waals surface area contributed by atoms with Crippen LogP contribution >= 0.6 is 0 Å². The van der Waals surface area contributed by atoms with Gasteiger partial charge in [-0.3, -0.25) is 0 Å². The Balaban J connectivity index is 1.07. The molecule has 0 spiro atoms. The van der Waals surface area contributed by atoms with Crippen molar-refractivity contribution in [3.63, 3.8) is 0 Å². The van der Waals surface area contributed by atoms with Crippen LogP contribution in [0, 0.1) is 0 Å². The zero-order valence-corrected chi connectivity index (χ0v) is 30.3. The van der Waals surface area contributed by atoms with Crippen molar-refractivity contribution in [1.82, 2.24) is 14.5 Å². The average molecular weight is 716 g/mol. The maximum absolute atomic E-state index is 6.72. The van der Waals surface area contributed by atoms with Crippen LogP contribution in [0.3, 0.4) is 0 Å². The molecule has 3 aromatic heterocycles. The summed E-state index contributed by atoms with van der Waals surface area (Å²) < 4.78 is 9.11. The minimum atomic E-state index is 0.655. The van der Waals surface area contributed by atoms with Gasteiger partial charge in [0.05, 0.1) is 22.4 Å². The number of nitrogens with zero attached hydrogens (tertiary/aromatic N) is 3. The predicted octanol–water partition coefficient (Wildman–Crippen LogP) is 13.8. The Kier molecular flexibility index (Phi) is 7.46. The molecule has 4 heteroatoms. The Morgan fingerprint density at radius 3 is 1.27 bits per heavy atom. The fraction of sp³-hybridized carbons (Fsp3) is 0. The lowest BCUT2D eigenvalue weighted by Crippen LogP contribution is -1.95. The Hall–Kier alpha value is -7.56. The molecule has 3 heterocycles. The molecule has 8 aromatic carbocycles. The summed E-state index contributed by atoms with van der Waals surface area (Å²) in [6, 6.07) is 70.3. The van der Waals surface area contributed by atoms with E-state index in [0.717, 1.165) is 66.7 Å². The van der Waals surface area contributed by atoms with Gasteiger partial charge in [0, 0.05) is 50.0 Å². The molecule has 0 unspecified atom stereocenters. The van der Waals surface area contributed by atoms with Crippen LogP contribution in [0.1, 0.15) is 0 Å². The Morgan fingerprint density at radius 2 is 0.750 bits per heavy atom. The number of furan rings is 1. The van der Waals surface area contributed by atoms with E-state index in [2.05, 4.69) is 168 Å². The molecule has 0 amide bonds. The zero-order chi connectivity index (χ0) is 37.0. The third-order valence-electron chi connectivity index (χ3n) is 10.8. The normalized spacial score (nSPS) is 11.6. The second-order valence-electron chi connectivity index (χ2n) is 14.2. The molecule has 11 rings (SSSR count). The summed E-state index contributed by atoms with van der Waals surface area (Å²) in [5.41, 5.74) is 14.4. The van der Waals surface area contributed by atoms with Gasteiger partial charge in [-0.05, 0) is 64.7 Å². The molecular formula is C52H33N3O. The van der Waals surface area contributed by atoms with Gasteiger partial charge >= 0.3 is 0 Å². The molecule has 11 aromatic rings. The summed E-state index contributed by atoms with van der Waals surface area (Å²) in [5, 5.41) is 4.54. The van der Waals surface area contributed by atoms with E-state index in [0.29, 0.717) is 5.82 Å². The van der Waals surface area contributed by atoms with Gasteiger partial charge in [-0.2, -0.15) is 0 Å². The highest BCUT2D eigenvalue weighted by Crippen LogP contribution is 2.39. The van der Waals surface area contributed by atoms with Crippen LogP contribution in [0.15, 0.2) is 205 Å². The number of hydrogen-bond donors (Lipinski definition) is 0. The summed E-state index contributed by atoms with van der Waals surface area (Å²) in [4.78, 5) is 10.1. The van der Waals surface area contributed by atoms with Gasteiger partial charge in [0.15, 0.2) is 5.82 Å². The standard InChI is InChI=1S/C52H33N3O/c1-5-13-34(14-6-1)38-21-25-42-43-26-22-39(35-15-7-2-8-16-35)30-49(43)55(48(42)29-38)41-24-28-45-44-27-23-40(31-50(44)56-51(45)32-41)52-53-46(36-17-9-3-10-18-36)33-47(54-52)37-19-11-4-12-20-37/h1-33H. The van der Waals surface area contributed by atoms with Crippen LogP contribution in [-0.2, 0) is 0 Å². The van der Waals surface area contributed by atoms with Gasteiger partial charge in [-0.1, -0.05) is 152 Å². The van der Waals surface area contributed by atoms with Gasteiger partial charge < -0.3 is 8.98 Å². The fourth-order valence-corrected chi connectivity index (χ4v) is 8.05. The van der Waals surface area contributed by atoms with Crippen molar-refractivity contribution in [2.45, 2.75) is 0 Å². The molecule has 0 saturated carbocycles. The van der Waals surface area contributed by atoms with Gasteiger partial charge in [-0.15, -0.1) is 0 Å². The lowest BCUT2D eigenvalue weighted by molar-refractivity contribution is 0.668. The van der Waals surface area contributed by atoms with E-state index in [4.69, 9.17) is 14.4 Å². The summed E-state index contributed by atoms with van der Waals surface area (Å²) in [7, 11) is 0. The van der Waals surface area contributed by atoms with Crippen molar-refractivity contribution in [2.24, 2.45) is 0 Å². The molecule has 4 nitrogen and oxygen atoms in total. The fourth-order valence-electron chi connectivity index (χ4n) is 8.05. The van der Waals surface area contributed by atoms with E-state index < -0.39 is 0 Å². The molecule has 0 radical (unpaired) electrons. The third kappa shape index (κ3) is 5.47. The first-order valence-corrected chi connectivity index (χ1v) is 18.9. The van der Waals surface area contributed by atoms with E-state index in [1.807, 2.05) is 36.4 Å². The number of fused-ring (bicyclic) bond motifs is 6. The Labute approximate surface area is 323 Å². The molecule has 0 aliphatic carbocycles. The molecule has 0 atom stereocenters. The Bertz CT molecular complexity index is 3070. The van der Waals surface area contributed by atoms with Crippen LogP contribution in [0.25, 0.3) is 106 Å². The molecule has 0 fully saturated rings. The molecular weight excluding hydrogens is 683 g/mol. The van der Waals surface area contributed by atoms with Crippen LogP contribution < -0.4 is 0 Å². The van der Waals surface area contributed by atoms with Gasteiger partial charge in [0.2, 0.25) is 0 Å². The van der Waals surface area contributed by atoms with Crippen molar-refractivity contribution in [3.05, 3.63) is 200 Å². The maximum Gasteiger partial charge on any atom is 0.160 e. The molecule has 56 heavy (non-hydrogen) atoms. The first kappa shape index (κ1) is 31.9. The Morgan fingerprint density at radius 1 is 0.321 bits per heavy atom. The SMILES string of the molecule is c1ccc(-c2ccc3c4ccc(-c5ccccc5)cc4n(-c4ccc5c(c4)oc4cc(-c6nc(-c7ccccc7)cc(-c7ccccc7)n6)ccc45)c3c2)cc1. The summed E-state index contributed by atoms with van der Waals surface area (Å²) in [6.07, 6.45) is 0. The topological polar surface area (TPSA) is 43.9 Å². The van der Waals surface area contributed by atoms with Crippen molar-refractivity contribution in [1.29, 1.82) is 0 Å². The monoisotopic (exact) mass is 715 g/mol. The summed E-state index contributed by atoms with van der Waals surface area (Å²) in [6.45, 7) is 0. The maximum atomic E-state index is 6.72. The molecule has 0 aliphatic rings. The van der Waals surface area contributed by atoms with Crippen molar-refractivity contribution in [2.75, 3.05) is 0 Å². The first-order valence-electron chi connectivity index (χ1n) is 18.9. The second kappa shape index (κ2) is 13.1. The van der Waals surface area contributed by atoms with E-state index in [9.17, 15) is 0 Å². The third-order valence-corrected chi connectivity index (χ3v) is 10.8. The quantitative estimate of drug-likeness (QED) is 0.172. The van der Waals surface area contributed by atoms with Crippen molar-refractivity contribution >= 4 is 43.7 Å². The summed E-state index contributed by atoms with van der Waals surface area (Å²) >= 11 is 0. The highest BCUT2D eigenvalue weighted by atomic mass is 16.3. The molecule has 0 N–H and O–H groups in total. The van der Waals surface area contributed by atoms with Crippen LogP contribution in [0.5, 0.6) is 0 Å². The van der Waals surface area contributed by atoms with Gasteiger partial charge in [0.1, 0.15) is 11.2 Å². The van der Waals surface area contributed by atoms with Crippen molar-refractivity contribution < 1.29 is 4.42 Å². The molecule has 262 valence electrons. The van der Waals surface area contributed by atoms with E-state index in [1.165, 1.54) is 33.0 Å². The number of rotatable bonds is 6. The largest absolute Gasteiger partial charge is 0.456 e. The molecule has 0 saturated heterocycles. The van der Waals surface area contributed by atoms with Crippen molar-refractivity contribution in [3.8, 4) is 61.8 Å². The smallest absolute Gasteiger partial charge is 0.160 e. The number of aromatic nitrogens is 3. The van der Waals surface area contributed by atoms with E-state index >= 15 is 0 Å². The number of benzene rings is 8. The van der Waals surface area contributed by atoms with E-state index in [1.54, 1.807) is 0 Å². The lowest BCUT2D eigenvalue weighted by Gasteiger charge is -2.10. The first-order chi connectivity index (χ1) is 27.7. The van der Waals surface area contributed by atoms with Crippen LogP contribution in [-0.4, -0.2) is 14.5 Å². The minimum absolute atomic E-state index is 0.655. The van der Waals surface area contributed by atoms with Gasteiger partial charge in [-0.25, -0.2) is 9.97 Å². The molecule has 0 bridgehead atoms. The van der Waals surface area contributed by atoms with E-state index in [-0.39, 0.29) is 0 Å². The van der Waals surface area contributed by atoms with Gasteiger partial charge in [0.25, 0.3) is 0 Å². The highest BCUT2D eigenvalue weighted by molar-refractivity contribution is 6.12. The number of hydrogen-bond acceptors (Lipinski definition) is 3. The summed E-state index contributed by atoms with van der Waals surface area (Å²) in [5.74, 6) is 0.655. The highest BCUT2D eigenvalue weighted by Gasteiger charge is 2.18. The average Bonchev–Trinajstić information content (AvgIpc) is 3.81.